The Bertz CT molecular complexity index is 368. The zero-order valence-corrected chi connectivity index (χ0v) is 12.3. The molecule has 0 aliphatic carbocycles. The third-order valence-corrected chi connectivity index (χ3v) is 3.10. The normalized spacial score (nSPS) is 12.2. The summed E-state index contributed by atoms with van der Waals surface area (Å²) in [4.78, 5) is 11.5. The lowest BCUT2D eigenvalue weighted by Gasteiger charge is -2.14. The van der Waals surface area contributed by atoms with Crippen molar-refractivity contribution < 1.29 is 9.53 Å². The van der Waals surface area contributed by atoms with Gasteiger partial charge >= 0.3 is 0 Å². The van der Waals surface area contributed by atoms with Crippen molar-refractivity contribution in [3.8, 4) is 0 Å². The number of carbonyl (C=O) groups excluding carboxylic acids is 1. The van der Waals surface area contributed by atoms with Crippen LogP contribution in [0.5, 0.6) is 0 Å². The van der Waals surface area contributed by atoms with E-state index in [-0.39, 0.29) is 11.9 Å². The van der Waals surface area contributed by atoms with Crippen LogP contribution in [0.2, 0.25) is 0 Å². The molecule has 2 N–H and O–H groups in total. The van der Waals surface area contributed by atoms with Crippen molar-refractivity contribution in [1.29, 1.82) is 0 Å². The largest absolute Gasteiger partial charge is 0.383 e. The molecule has 0 saturated heterocycles. The number of hydrogen-bond acceptors (Lipinski definition) is 3. The topological polar surface area (TPSA) is 50.4 Å². The van der Waals surface area contributed by atoms with Crippen LogP contribution in [0, 0.1) is 0 Å². The molecular weight excluding hydrogens is 296 g/mol. The lowest BCUT2D eigenvalue weighted by Crippen LogP contribution is -2.36. The van der Waals surface area contributed by atoms with Gasteiger partial charge in [0.15, 0.2) is 0 Å². The van der Waals surface area contributed by atoms with Crippen molar-refractivity contribution in [2.24, 2.45) is 0 Å². The van der Waals surface area contributed by atoms with Gasteiger partial charge in [0, 0.05) is 24.2 Å². The molecule has 0 radical (unpaired) electrons. The van der Waals surface area contributed by atoms with E-state index in [9.17, 15) is 4.79 Å². The van der Waals surface area contributed by atoms with Gasteiger partial charge in [-0.3, -0.25) is 4.79 Å². The van der Waals surface area contributed by atoms with Gasteiger partial charge in [-0.1, -0.05) is 28.1 Å². The van der Waals surface area contributed by atoms with Crippen LogP contribution in [0.3, 0.4) is 0 Å². The van der Waals surface area contributed by atoms with Crippen LogP contribution in [0.1, 0.15) is 18.5 Å². The molecule has 0 aliphatic rings. The molecule has 0 aromatic heterocycles. The summed E-state index contributed by atoms with van der Waals surface area (Å²) in [7, 11) is 1.61. The molecule has 1 rings (SSSR count). The predicted octanol–water partition coefficient (Wildman–Crippen LogP) is 1.86. The molecule has 1 atom stereocenters. The lowest BCUT2D eigenvalue weighted by atomic mass is 10.1. The van der Waals surface area contributed by atoms with E-state index in [2.05, 4.69) is 26.6 Å². The van der Waals surface area contributed by atoms with E-state index >= 15 is 0 Å². The van der Waals surface area contributed by atoms with Crippen molar-refractivity contribution in [3.63, 3.8) is 0 Å². The third kappa shape index (κ3) is 5.62. The lowest BCUT2D eigenvalue weighted by molar-refractivity contribution is -0.120. The Morgan fingerprint density at radius 2 is 2.06 bits per heavy atom. The molecule has 18 heavy (non-hydrogen) atoms. The van der Waals surface area contributed by atoms with Crippen LogP contribution >= 0.6 is 15.9 Å². The molecule has 100 valence electrons. The molecule has 1 amide bonds. The number of methoxy groups -OCH3 is 1. The maximum absolute atomic E-state index is 11.5. The summed E-state index contributed by atoms with van der Waals surface area (Å²) in [5.41, 5.74) is 1.16. The highest BCUT2D eigenvalue weighted by Crippen LogP contribution is 2.16. The highest BCUT2D eigenvalue weighted by molar-refractivity contribution is 9.10. The monoisotopic (exact) mass is 314 g/mol. The minimum absolute atomic E-state index is 0.0176. The first kappa shape index (κ1) is 15.1. The van der Waals surface area contributed by atoms with Gasteiger partial charge in [0.25, 0.3) is 0 Å². The molecule has 5 heteroatoms. The third-order valence-electron chi connectivity index (χ3n) is 2.57. The molecule has 1 unspecified atom stereocenters. The van der Waals surface area contributed by atoms with Gasteiger partial charge in [-0.2, -0.15) is 0 Å². The van der Waals surface area contributed by atoms with Crippen LogP contribution < -0.4 is 10.6 Å². The highest BCUT2D eigenvalue weighted by Gasteiger charge is 2.07. The molecule has 0 spiro atoms. The fourth-order valence-electron chi connectivity index (χ4n) is 1.47. The van der Waals surface area contributed by atoms with Crippen molar-refractivity contribution in [2.45, 2.75) is 13.0 Å². The summed E-state index contributed by atoms with van der Waals surface area (Å²) in [5.74, 6) is -0.0176. The summed E-state index contributed by atoms with van der Waals surface area (Å²) in [5, 5.41) is 5.94. The van der Waals surface area contributed by atoms with Crippen molar-refractivity contribution in [3.05, 3.63) is 34.3 Å². The minimum atomic E-state index is -0.0176. The Morgan fingerprint density at radius 1 is 1.39 bits per heavy atom. The fourth-order valence-corrected chi connectivity index (χ4v) is 1.73. The first-order chi connectivity index (χ1) is 8.63. The number of hydrogen-bond donors (Lipinski definition) is 2. The van der Waals surface area contributed by atoms with Gasteiger partial charge in [-0.15, -0.1) is 0 Å². The average molecular weight is 315 g/mol. The quantitative estimate of drug-likeness (QED) is 0.755. The number of ether oxygens (including phenoxy) is 1. The highest BCUT2D eigenvalue weighted by atomic mass is 79.9. The zero-order chi connectivity index (χ0) is 13.4. The predicted molar refractivity (Wildman–Crippen MR) is 75.4 cm³/mol. The van der Waals surface area contributed by atoms with E-state index in [4.69, 9.17) is 4.74 Å². The van der Waals surface area contributed by atoms with E-state index in [0.717, 1.165) is 10.0 Å². The van der Waals surface area contributed by atoms with Crippen LogP contribution in [0.15, 0.2) is 28.7 Å². The van der Waals surface area contributed by atoms with Crippen LogP contribution in [-0.2, 0) is 9.53 Å². The van der Waals surface area contributed by atoms with Crippen LogP contribution in [0.4, 0.5) is 0 Å². The van der Waals surface area contributed by atoms with E-state index in [1.165, 1.54) is 0 Å². The van der Waals surface area contributed by atoms with E-state index in [1.54, 1.807) is 7.11 Å². The molecule has 1 aromatic carbocycles. The first-order valence-corrected chi connectivity index (χ1v) is 6.67. The second-order valence-corrected chi connectivity index (χ2v) is 4.91. The molecule has 0 heterocycles. The van der Waals surface area contributed by atoms with Crippen LogP contribution in [0.25, 0.3) is 0 Å². The smallest absolute Gasteiger partial charge is 0.234 e. The number of halogens is 1. The Kier molecular flexibility index (Phi) is 6.93. The number of carbonyl (C=O) groups is 1. The molecular formula is C13H19BrN2O2. The van der Waals surface area contributed by atoms with Gasteiger partial charge in [-0.25, -0.2) is 0 Å². The molecule has 0 saturated carbocycles. The number of benzene rings is 1. The van der Waals surface area contributed by atoms with E-state index in [0.29, 0.717) is 19.7 Å². The Balaban J connectivity index is 2.30. The van der Waals surface area contributed by atoms with Gasteiger partial charge in [0.2, 0.25) is 5.91 Å². The SMILES string of the molecule is COCCNC(=O)CNC(C)c1ccc(Br)cc1. The average Bonchev–Trinajstić information content (AvgIpc) is 2.37. The number of rotatable bonds is 7. The van der Waals surface area contributed by atoms with Gasteiger partial charge in [0.1, 0.15) is 0 Å². The summed E-state index contributed by atoms with van der Waals surface area (Å²) < 4.78 is 5.91. The first-order valence-electron chi connectivity index (χ1n) is 5.88. The second-order valence-electron chi connectivity index (χ2n) is 4.00. The van der Waals surface area contributed by atoms with Crippen molar-refractivity contribution in [1.82, 2.24) is 10.6 Å². The molecule has 1 aromatic rings. The minimum Gasteiger partial charge on any atom is -0.383 e. The van der Waals surface area contributed by atoms with Gasteiger partial charge in [-0.05, 0) is 24.6 Å². The van der Waals surface area contributed by atoms with Crippen molar-refractivity contribution >= 4 is 21.8 Å². The summed E-state index contributed by atoms with van der Waals surface area (Å²) in [6, 6.07) is 8.19. The molecule has 0 aliphatic heterocycles. The number of nitrogens with one attached hydrogen (secondary N) is 2. The Labute approximate surface area is 116 Å². The van der Waals surface area contributed by atoms with Crippen molar-refractivity contribution in [2.75, 3.05) is 26.8 Å². The summed E-state index contributed by atoms with van der Waals surface area (Å²) in [6.45, 7) is 3.42. The Hall–Kier alpha value is -0.910. The summed E-state index contributed by atoms with van der Waals surface area (Å²) in [6.07, 6.45) is 0. The molecule has 0 bridgehead atoms. The standard InChI is InChI=1S/C13H19BrN2O2/c1-10(11-3-5-12(14)6-4-11)16-9-13(17)15-7-8-18-2/h3-6,10,16H,7-9H2,1-2H3,(H,15,17). The Morgan fingerprint density at radius 3 is 2.67 bits per heavy atom. The maximum Gasteiger partial charge on any atom is 0.234 e. The summed E-state index contributed by atoms with van der Waals surface area (Å²) >= 11 is 3.40. The molecule has 4 nitrogen and oxygen atoms in total. The van der Waals surface area contributed by atoms with E-state index in [1.807, 2.05) is 31.2 Å². The van der Waals surface area contributed by atoms with E-state index < -0.39 is 0 Å². The second kappa shape index (κ2) is 8.24. The fraction of sp³-hybridized carbons (Fsp3) is 0.462. The van der Waals surface area contributed by atoms with Gasteiger partial charge < -0.3 is 15.4 Å². The van der Waals surface area contributed by atoms with Crippen LogP contribution in [-0.4, -0.2) is 32.7 Å². The molecule has 0 fully saturated rings. The zero-order valence-electron chi connectivity index (χ0n) is 10.7. The number of amides is 1. The maximum atomic E-state index is 11.5. The van der Waals surface area contributed by atoms with Gasteiger partial charge in [0.05, 0.1) is 13.2 Å².